The topological polar surface area (TPSA) is 16.1 Å². The minimum Gasteiger partial charge on any atom is -0.345 e. The van der Waals surface area contributed by atoms with Crippen molar-refractivity contribution in [2.45, 2.75) is 32.2 Å². The second-order valence-corrected chi connectivity index (χ2v) is 5.51. The minimum absolute atomic E-state index is 0.648. The minimum atomic E-state index is 0.648. The first-order valence-corrected chi connectivity index (χ1v) is 6.78. The van der Waals surface area contributed by atoms with Crippen LogP contribution in [0.1, 0.15) is 26.2 Å². The fourth-order valence-electron chi connectivity index (χ4n) is 2.37. The van der Waals surface area contributed by atoms with Gasteiger partial charge in [0.25, 0.3) is 0 Å². The van der Waals surface area contributed by atoms with E-state index < -0.39 is 0 Å². The largest absolute Gasteiger partial charge is 0.345 e. The number of hydrogen-bond acceptors (Lipinski definition) is 3. The Morgan fingerprint density at radius 3 is 3.00 bits per heavy atom. The van der Waals surface area contributed by atoms with Gasteiger partial charge in [-0.2, -0.15) is 0 Å². The van der Waals surface area contributed by atoms with Crippen LogP contribution in [0.3, 0.4) is 0 Å². The fraction of sp³-hybridized carbons (Fsp3) is 0.462. The van der Waals surface area contributed by atoms with Gasteiger partial charge in [-0.05, 0) is 38.3 Å². The highest BCUT2D eigenvalue weighted by molar-refractivity contribution is 7.22. The first-order chi connectivity index (χ1) is 7.84. The highest BCUT2D eigenvalue weighted by Crippen LogP contribution is 2.32. The third-order valence-corrected chi connectivity index (χ3v) is 4.40. The van der Waals surface area contributed by atoms with E-state index in [0.717, 1.165) is 5.52 Å². The smallest absolute Gasteiger partial charge is 0.186 e. The van der Waals surface area contributed by atoms with Gasteiger partial charge in [0.1, 0.15) is 0 Å². The van der Waals surface area contributed by atoms with Crippen molar-refractivity contribution in [2.75, 3.05) is 11.4 Å². The average Bonchev–Trinajstić information content (AvgIpc) is 2.73. The molecule has 1 aliphatic heterocycles. The van der Waals surface area contributed by atoms with Gasteiger partial charge in [0, 0.05) is 12.6 Å². The van der Waals surface area contributed by atoms with E-state index in [2.05, 4.69) is 36.1 Å². The standard InChI is InChI=1S/C13H16N2S/c1-10-6-4-5-9-15(10)13-14-11-7-2-3-8-12(11)16-13/h2-3,7-8,10H,4-6,9H2,1H3. The Kier molecular flexibility index (Phi) is 2.56. The normalized spacial score (nSPS) is 21.6. The summed E-state index contributed by atoms with van der Waals surface area (Å²) in [7, 11) is 0. The van der Waals surface area contributed by atoms with E-state index in [9.17, 15) is 0 Å². The van der Waals surface area contributed by atoms with Crippen molar-refractivity contribution in [1.82, 2.24) is 4.98 Å². The van der Waals surface area contributed by atoms with E-state index in [1.165, 1.54) is 35.6 Å². The van der Waals surface area contributed by atoms with E-state index >= 15 is 0 Å². The predicted molar refractivity (Wildman–Crippen MR) is 70.3 cm³/mol. The molecule has 3 heteroatoms. The first-order valence-electron chi connectivity index (χ1n) is 5.97. The molecule has 0 bridgehead atoms. The number of thiazole rings is 1. The van der Waals surface area contributed by atoms with Crippen LogP contribution in [0, 0.1) is 0 Å². The molecule has 0 saturated carbocycles. The average molecular weight is 232 g/mol. The molecule has 0 N–H and O–H groups in total. The number of rotatable bonds is 1. The number of piperidine rings is 1. The zero-order valence-corrected chi connectivity index (χ0v) is 10.3. The van der Waals surface area contributed by atoms with Gasteiger partial charge in [-0.1, -0.05) is 23.5 Å². The molecule has 16 heavy (non-hydrogen) atoms. The molecule has 1 aliphatic rings. The Bertz CT molecular complexity index is 458. The number of aromatic nitrogens is 1. The Labute approximate surface area is 99.9 Å². The van der Waals surface area contributed by atoms with Crippen molar-refractivity contribution in [3.63, 3.8) is 0 Å². The summed E-state index contributed by atoms with van der Waals surface area (Å²) in [4.78, 5) is 7.20. The fourth-order valence-corrected chi connectivity index (χ4v) is 3.46. The summed E-state index contributed by atoms with van der Waals surface area (Å²) in [6, 6.07) is 9.05. The molecule has 1 unspecified atom stereocenters. The first kappa shape index (κ1) is 10.1. The van der Waals surface area contributed by atoms with Gasteiger partial charge in [-0.15, -0.1) is 0 Å². The van der Waals surface area contributed by atoms with Crippen molar-refractivity contribution in [3.05, 3.63) is 24.3 Å². The van der Waals surface area contributed by atoms with Gasteiger partial charge in [-0.25, -0.2) is 4.98 Å². The number of fused-ring (bicyclic) bond motifs is 1. The van der Waals surface area contributed by atoms with Crippen LogP contribution >= 0.6 is 11.3 Å². The van der Waals surface area contributed by atoms with Gasteiger partial charge in [0.05, 0.1) is 10.2 Å². The summed E-state index contributed by atoms with van der Waals surface area (Å²) < 4.78 is 1.30. The lowest BCUT2D eigenvalue weighted by Gasteiger charge is -2.32. The lowest BCUT2D eigenvalue weighted by Crippen LogP contribution is -2.37. The molecule has 3 rings (SSSR count). The Morgan fingerprint density at radius 1 is 1.31 bits per heavy atom. The maximum absolute atomic E-state index is 4.73. The summed E-state index contributed by atoms with van der Waals surface area (Å²) >= 11 is 1.82. The number of nitrogens with zero attached hydrogens (tertiary/aromatic N) is 2. The molecule has 2 nitrogen and oxygen atoms in total. The molecule has 0 spiro atoms. The van der Waals surface area contributed by atoms with Crippen molar-refractivity contribution < 1.29 is 0 Å². The van der Waals surface area contributed by atoms with Crippen LogP contribution in [0.5, 0.6) is 0 Å². The quantitative estimate of drug-likeness (QED) is 0.745. The van der Waals surface area contributed by atoms with Crippen LogP contribution in [-0.2, 0) is 0 Å². The van der Waals surface area contributed by atoms with Gasteiger partial charge < -0.3 is 4.90 Å². The Hall–Kier alpha value is -1.09. The number of hydrogen-bond donors (Lipinski definition) is 0. The van der Waals surface area contributed by atoms with Gasteiger partial charge in [0.2, 0.25) is 0 Å². The third-order valence-electron chi connectivity index (χ3n) is 3.33. The number of benzene rings is 1. The monoisotopic (exact) mass is 232 g/mol. The molecule has 1 atom stereocenters. The molecule has 2 aromatic rings. The van der Waals surface area contributed by atoms with Gasteiger partial charge >= 0.3 is 0 Å². The van der Waals surface area contributed by atoms with Crippen molar-refractivity contribution in [2.24, 2.45) is 0 Å². The van der Waals surface area contributed by atoms with Crippen LogP contribution in [0.2, 0.25) is 0 Å². The van der Waals surface area contributed by atoms with Crippen molar-refractivity contribution in [3.8, 4) is 0 Å². The van der Waals surface area contributed by atoms with Crippen LogP contribution < -0.4 is 4.90 Å². The molecule has 1 aromatic carbocycles. The molecule has 0 amide bonds. The van der Waals surface area contributed by atoms with Crippen LogP contribution in [0.15, 0.2) is 24.3 Å². The maximum atomic E-state index is 4.73. The molecular formula is C13H16N2S. The van der Waals surface area contributed by atoms with E-state index in [-0.39, 0.29) is 0 Å². The van der Waals surface area contributed by atoms with E-state index in [1.807, 2.05) is 11.3 Å². The molecule has 1 fully saturated rings. The number of para-hydroxylation sites is 1. The second-order valence-electron chi connectivity index (χ2n) is 4.50. The van der Waals surface area contributed by atoms with E-state index in [4.69, 9.17) is 4.98 Å². The van der Waals surface area contributed by atoms with Crippen LogP contribution in [-0.4, -0.2) is 17.6 Å². The van der Waals surface area contributed by atoms with Gasteiger partial charge in [0.15, 0.2) is 5.13 Å². The predicted octanol–water partition coefficient (Wildman–Crippen LogP) is 3.68. The maximum Gasteiger partial charge on any atom is 0.186 e. The molecule has 0 aliphatic carbocycles. The molecule has 84 valence electrons. The highest BCUT2D eigenvalue weighted by atomic mass is 32.1. The molecule has 2 heterocycles. The Balaban J connectivity index is 1.98. The molecular weight excluding hydrogens is 216 g/mol. The third kappa shape index (κ3) is 1.69. The van der Waals surface area contributed by atoms with Crippen LogP contribution in [0.4, 0.5) is 5.13 Å². The van der Waals surface area contributed by atoms with Crippen LogP contribution in [0.25, 0.3) is 10.2 Å². The lowest BCUT2D eigenvalue weighted by atomic mass is 10.1. The summed E-state index contributed by atoms with van der Waals surface area (Å²) in [5.74, 6) is 0. The summed E-state index contributed by atoms with van der Waals surface area (Å²) in [5, 5.41) is 1.20. The van der Waals surface area contributed by atoms with Crippen molar-refractivity contribution in [1.29, 1.82) is 0 Å². The van der Waals surface area contributed by atoms with Crippen molar-refractivity contribution >= 4 is 26.7 Å². The zero-order chi connectivity index (χ0) is 11.0. The SMILES string of the molecule is CC1CCCCN1c1nc2ccccc2s1. The molecule has 1 saturated heterocycles. The summed E-state index contributed by atoms with van der Waals surface area (Å²) in [6.07, 6.45) is 3.97. The van der Waals surface area contributed by atoms with E-state index in [1.54, 1.807) is 0 Å². The zero-order valence-electron chi connectivity index (χ0n) is 9.52. The number of anilines is 1. The second kappa shape index (κ2) is 4.06. The highest BCUT2D eigenvalue weighted by Gasteiger charge is 2.21. The van der Waals surface area contributed by atoms with E-state index in [0.29, 0.717) is 6.04 Å². The van der Waals surface area contributed by atoms with Gasteiger partial charge in [-0.3, -0.25) is 0 Å². The lowest BCUT2D eigenvalue weighted by molar-refractivity contribution is 0.484. The molecule has 0 radical (unpaired) electrons. The summed E-state index contributed by atoms with van der Waals surface area (Å²) in [5.41, 5.74) is 1.14. The summed E-state index contributed by atoms with van der Waals surface area (Å²) in [6.45, 7) is 3.48. The Morgan fingerprint density at radius 2 is 2.19 bits per heavy atom. The molecule has 1 aromatic heterocycles.